The standard InChI is InChI=1S/C15H18N6O/c1-4-16-15-19-13(12-9-17-21(2)14(12)20-15)18-10-5-7-11(22-3)8-6-10/h5-9H,4H2,1-3H3,(H2,16,18,19,20). The molecule has 0 aliphatic heterocycles. The summed E-state index contributed by atoms with van der Waals surface area (Å²) in [6.07, 6.45) is 1.76. The topological polar surface area (TPSA) is 76.9 Å². The first-order valence-electron chi connectivity index (χ1n) is 7.06. The number of methoxy groups -OCH3 is 1. The molecule has 0 fully saturated rings. The van der Waals surface area contributed by atoms with Crippen LogP contribution in [0.2, 0.25) is 0 Å². The van der Waals surface area contributed by atoms with Crippen LogP contribution in [0.25, 0.3) is 11.0 Å². The van der Waals surface area contributed by atoms with E-state index in [4.69, 9.17) is 4.74 Å². The van der Waals surface area contributed by atoms with Crippen molar-refractivity contribution < 1.29 is 4.74 Å². The van der Waals surface area contributed by atoms with Crippen molar-refractivity contribution in [2.45, 2.75) is 6.92 Å². The van der Waals surface area contributed by atoms with Crippen molar-refractivity contribution in [3.63, 3.8) is 0 Å². The lowest BCUT2D eigenvalue weighted by Crippen LogP contribution is -2.06. The summed E-state index contributed by atoms with van der Waals surface area (Å²) in [5, 5.41) is 11.6. The predicted molar refractivity (Wildman–Crippen MR) is 86.7 cm³/mol. The van der Waals surface area contributed by atoms with Crippen LogP contribution >= 0.6 is 0 Å². The van der Waals surface area contributed by atoms with Crippen molar-refractivity contribution in [3.05, 3.63) is 30.5 Å². The number of aryl methyl sites for hydroxylation is 1. The van der Waals surface area contributed by atoms with E-state index in [0.29, 0.717) is 5.95 Å². The van der Waals surface area contributed by atoms with Crippen LogP contribution in [-0.4, -0.2) is 33.4 Å². The first-order chi connectivity index (χ1) is 10.7. The number of nitrogens with one attached hydrogen (secondary N) is 2. The average Bonchev–Trinajstić information content (AvgIpc) is 2.90. The zero-order valence-corrected chi connectivity index (χ0v) is 12.8. The van der Waals surface area contributed by atoms with Gasteiger partial charge in [0.1, 0.15) is 11.6 Å². The molecular formula is C15H18N6O. The van der Waals surface area contributed by atoms with Crippen LogP contribution in [0.5, 0.6) is 5.75 Å². The summed E-state index contributed by atoms with van der Waals surface area (Å²) in [5.41, 5.74) is 1.70. The summed E-state index contributed by atoms with van der Waals surface area (Å²) in [6, 6.07) is 7.68. The number of hydrogen-bond acceptors (Lipinski definition) is 6. The lowest BCUT2D eigenvalue weighted by Gasteiger charge is -2.10. The molecule has 7 nitrogen and oxygen atoms in total. The summed E-state index contributed by atoms with van der Waals surface area (Å²) in [5.74, 6) is 2.11. The van der Waals surface area contributed by atoms with Gasteiger partial charge in [-0.3, -0.25) is 4.68 Å². The zero-order valence-electron chi connectivity index (χ0n) is 12.8. The molecular weight excluding hydrogens is 280 g/mol. The molecule has 0 atom stereocenters. The lowest BCUT2D eigenvalue weighted by atomic mass is 10.3. The Morgan fingerprint density at radius 1 is 1.18 bits per heavy atom. The lowest BCUT2D eigenvalue weighted by molar-refractivity contribution is 0.415. The van der Waals surface area contributed by atoms with Gasteiger partial charge in [-0.1, -0.05) is 0 Å². The van der Waals surface area contributed by atoms with E-state index in [1.165, 1.54) is 0 Å². The molecule has 7 heteroatoms. The Kier molecular flexibility index (Phi) is 3.78. The maximum absolute atomic E-state index is 5.17. The van der Waals surface area contributed by atoms with Gasteiger partial charge in [0.15, 0.2) is 5.65 Å². The molecule has 3 rings (SSSR count). The van der Waals surface area contributed by atoms with Gasteiger partial charge in [-0.05, 0) is 31.2 Å². The monoisotopic (exact) mass is 298 g/mol. The van der Waals surface area contributed by atoms with Gasteiger partial charge in [-0.25, -0.2) is 0 Å². The fourth-order valence-electron chi connectivity index (χ4n) is 2.17. The van der Waals surface area contributed by atoms with Gasteiger partial charge in [0.25, 0.3) is 0 Å². The van der Waals surface area contributed by atoms with Crippen molar-refractivity contribution in [3.8, 4) is 5.75 Å². The van der Waals surface area contributed by atoms with E-state index in [1.54, 1.807) is 18.0 Å². The third-order valence-corrected chi connectivity index (χ3v) is 3.28. The fourth-order valence-corrected chi connectivity index (χ4v) is 2.17. The van der Waals surface area contributed by atoms with Gasteiger partial charge < -0.3 is 15.4 Å². The van der Waals surface area contributed by atoms with Gasteiger partial charge in [-0.15, -0.1) is 0 Å². The van der Waals surface area contributed by atoms with Gasteiger partial charge in [-0.2, -0.15) is 15.1 Å². The first kappa shape index (κ1) is 14.1. The molecule has 0 radical (unpaired) electrons. The Bertz CT molecular complexity index is 781. The van der Waals surface area contributed by atoms with Crippen LogP contribution in [-0.2, 0) is 7.05 Å². The number of hydrogen-bond donors (Lipinski definition) is 2. The van der Waals surface area contributed by atoms with Crippen molar-refractivity contribution in [1.29, 1.82) is 0 Å². The highest BCUT2D eigenvalue weighted by Gasteiger charge is 2.11. The van der Waals surface area contributed by atoms with Crippen LogP contribution < -0.4 is 15.4 Å². The summed E-state index contributed by atoms with van der Waals surface area (Å²) >= 11 is 0. The maximum Gasteiger partial charge on any atom is 0.226 e. The van der Waals surface area contributed by atoms with Crippen LogP contribution in [0, 0.1) is 0 Å². The molecule has 22 heavy (non-hydrogen) atoms. The second-order valence-electron chi connectivity index (χ2n) is 4.79. The Labute approximate surface area is 128 Å². The van der Waals surface area contributed by atoms with E-state index in [-0.39, 0.29) is 0 Å². The molecule has 0 aliphatic rings. The number of anilines is 3. The number of ether oxygens (including phenoxy) is 1. The summed E-state index contributed by atoms with van der Waals surface area (Å²) < 4.78 is 6.90. The normalized spacial score (nSPS) is 10.7. The first-order valence-corrected chi connectivity index (χ1v) is 7.06. The van der Waals surface area contributed by atoms with E-state index in [0.717, 1.165) is 34.8 Å². The highest BCUT2D eigenvalue weighted by molar-refractivity contribution is 5.89. The molecule has 2 heterocycles. The Hall–Kier alpha value is -2.83. The molecule has 2 aromatic heterocycles. The quantitative estimate of drug-likeness (QED) is 0.754. The van der Waals surface area contributed by atoms with Gasteiger partial charge in [0.2, 0.25) is 5.95 Å². The molecule has 3 aromatic rings. The molecule has 0 bridgehead atoms. The zero-order chi connectivity index (χ0) is 15.5. The second kappa shape index (κ2) is 5.88. The van der Waals surface area contributed by atoms with Crippen LogP contribution in [0.15, 0.2) is 30.5 Å². The van der Waals surface area contributed by atoms with E-state index < -0.39 is 0 Å². The minimum atomic E-state index is 0.578. The number of fused-ring (bicyclic) bond motifs is 1. The molecule has 2 N–H and O–H groups in total. The molecule has 0 unspecified atom stereocenters. The smallest absolute Gasteiger partial charge is 0.226 e. The molecule has 0 aliphatic carbocycles. The molecule has 0 amide bonds. The van der Waals surface area contributed by atoms with Crippen LogP contribution in [0.1, 0.15) is 6.92 Å². The van der Waals surface area contributed by atoms with E-state index >= 15 is 0 Å². The van der Waals surface area contributed by atoms with Gasteiger partial charge in [0.05, 0.1) is 18.7 Å². The SMILES string of the molecule is CCNc1nc(Nc2ccc(OC)cc2)c2cnn(C)c2n1. The van der Waals surface area contributed by atoms with Crippen LogP contribution in [0.3, 0.4) is 0 Å². The van der Waals surface area contributed by atoms with E-state index in [1.807, 2.05) is 38.2 Å². The highest BCUT2D eigenvalue weighted by atomic mass is 16.5. The Morgan fingerprint density at radius 3 is 2.64 bits per heavy atom. The summed E-state index contributed by atoms with van der Waals surface area (Å²) in [7, 11) is 3.51. The number of nitrogens with zero attached hydrogens (tertiary/aromatic N) is 4. The molecule has 0 spiro atoms. The third-order valence-electron chi connectivity index (χ3n) is 3.28. The largest absolute Gasteiger partial charge is 0.497 e. The summed E-state index contributed by atoms with van der Waals surface area (Å²) in [4.78, 5) is 9.00. The molecule has 1 aromatic carbocycles. The number of aromatic nitrogens is 4. The Morgan fingerprint density at radius 2 is 1.95 bits per heavy atom. The average molecular weight is 298 g/mol. The molecule has 114 valence electrons. The molecule has 0 saturated heterocycles. The number of rotatable bonds is 5. The van der Waals surface area contributed by atoms with Gasteiger partial charge >= 0.3 is 0 Å². The second-order valence-corrected chi connectivity index (χ2v) is 4.79. The highest BCUT2D eigenvalue weighted by Crippen LogP contribution is 2.25. The fraction of sp³-hybridized carbons (Fsp3) is 0.267. The van der Waals surface area contributed by atoms with Crippen LogP contribution in [0.4, 0.5) is 17.5 Å². The Balaban J connectivity index is 2.00. The van der Waals surface area contributed by atoms with E-state index in [9.17, 15) is 0 Å². The van der Waals surface area contributed by atoms with E-state index in [2.05, 4.69) is 25.7 Å². The van der Waals surface area contributed by atoms with Crippen molar-refractivity contribution in [2.24, 2.45) is 7.05 Å². The van der Waals surface area contributed by atoms with Crippen molar-refractivity contribution in [1.82, 2.24) is 19.7 Å². The van der Waals surface area contributed by atoms with Crippen molar-refractivity contribution in [2.75, 3.05) is 24.3 Å². The van der Waals surface area contributed by atoms with Gasteiger partial charge in [0, 0.05) is 19.3 Å². The van der Waals surface area contributed by atoms with Crippen molar-refractivity contribution >= 4 is 28.5 Å². The third kappa shape index (κ3) is 2.65. The summed E-state index contributed by atoms with van der Waals surface area (Å²) in [6.45, 7) is 2.76. The minimum absolute atomic E-state index is 0.578. The maximum atomic E-state index is 5.17. The number of benzene rings is 1. The molecule has 0 saturated carbocycles. The predicted octanol–water partition coefficient (Wildman–Crippen LogP) is 2.55. The minimum Gasteiger partial charge on any atom is -0.497 e.